The number of imidazole rings is 1. The molecule has 1 heterocycles. The minimum Gasteiger partial charge on any atom is -0.332 e. The first-order chi connectivity index (χ1) is 8.83. The first-order valence-electron chi connectivity index (χ1n) is 6.54. The lowest BCUT2D eigenvalue weighted by Crippen LogP contribution is -2.29. The first kappa shape index (κ1) is 16.1. The Morgan fingerprint density at radius 1 is 1.42 bits per heavy atom. The largest absolute Gasteiger partial charge is 0.332 e. The number of hydrogen-bond acceptors (Lipinski definition) is 4. The number of unbranched alkanes of at least 4 members (excludes halogenated alkanes) is 1. The van der Waals surface area contributed by atoms with Crippen LogP contribution in [0, 0.1) is 6.92 Å². The molecule has 0 radical (unpaired) electrons. The van der Waals surface area contributed by atoms with Crippen molar-refractivity contribution in [3.63, 3.8) is 0 Å². The van der Waals surface area contributed by atoms with Crippen LogP contribution in [0.1, 0.15) is 32.5 Å². The molecule has 0 aromatic carbocycles. The zero-order valence-corrected chi connectivity index (χ0v) is 12.9. The number of aromatic amines is 1. The number of sulfonamides is 1. The van der Waals surface area contributed by atoms with Crippen LogP contribution in [0.15, 0.2) is 11.2 Å². The maximum absolute atomic E-state index is 11.9. The second kappa shape index (κ2) is 7.02. The number of aromatic nitrogens is 2. The van der Waals surface area contributed by atoms with E-state index < -0.39 is 10.0 Å². The van der Waals surface area contributed by atoms with Crippen molar-refractivity contribution in [2.45, 2.75) is 44.7 Å². The number of rotatable bonds is 8. The van der Waals surface area contributed by atoms with Crippen molar-refractivity contribution in [2.24, 2.45) is 0 Å². The highest BCUT2D eigenvalue weighted by atomic mass is 32.2. The fraction of sp³-hybridized carbons (Fsp3) is 0.750. The molecule has 0 amide bonds. The maximum Gasteiger partial charge on any atom is 0.257 e. The zero-order valence-electron chi connectivity index (χ0n) is 12.1. The Morgan fingerprint density at radius 2 is 2.11 bits per heavy atom. The van der Waals surface area contributed by atoms with Gasteiger partial charge in [0, 0.05) is 12.6 Å². The summed E-state index contributed by atoms with van der Waals surface area (Å²) in [4.78, 5) is 8.85. The van der Waals surface area contributed by atoms with Gasteiger partial charge in [-0.2, -0.15) is 0 Å². The molecule has 0 saturated heterocycles. The highest BCUT2D eigenvalue weighted by molar-refractivity contribution is 7.89. The summed E-state index contributed by atoms with van der Waals surface area (Å²) in [5.41, 5.74) is 0. The summed E-state index contributed by atoms with van der Waals surface area (Å²) in [5.74, 6) is 0.596. The number of nitrogens with zero attached hydrogens (tertiary/aromatic N) is 2. The molecule has 1 rings (SSSR count). The van der Waals surface area contributed by atoms with E-state index in [0.717, 1.165) is 19.4 Å². The molecule has 19 heavy (non-hydrogen) atoms. The fourth-order valence-electron chi connectivity index (χ4n) is 1.56. The normalized spacial score (nSPS) is 12.5. The molecule has 0 aliphatic carbocycles. The van der Waals surface area contributed by atoms with E-state index in [1.54, 1.807) is 6.92 Å². The first-order valence-corrected chi connectivity index (χ1v) is 8.03. The highest BCUT2D eigenvalue weighted by Crippen LogP contribution is 2.05. The third kappa shape index (κ3) is 5.30. The molecular weight excluding hydrogens is 264 g/mol. The van der Waals surface area contributed by atoms with Crippen molar-refractivity contribution in [1.29, 1.82) is 0 Å². The van der Waals surface area contributed by atoms with E-state index >= 15 is 0 Å². The van der Waals surface area contributed by atoms with Crippen molar-refractivity contribution in [1.82, 2.24) is 19.6 Å². The number of H-pyrrole nitrogens is 1. The second-order valence-corrected chi connectivity index (χ2v) is 6.75. The molecule has 0 fully saturated rings. The Labute approximate surface area is 115 Å². The molecule has 0 unspecified atom stereocenters. The van der Waals surface area contributed by atoms with E-state index in [9.17, 15) is 8.42 Å². The van der Waals surface area contributed by atoms with E-state index in [0.29, 0.717) is 18.4 Å². The average Bonchev–Trinajstić information content (AvgIpc) is 2.75. The van der Waals surface area contributed by atoms with Crippen LogP contribution in [0.25, 0.3) is 0 Å². The van der Waals surface area contributed by atoms with E-state index in [4.69, 9.17) is 0 Å². The molecule has 0 atom stereocenters. The van der Waals surface area contributed by atoms with Crippen molar-refractivity contribution in [3.05, 3.63) is 12.0 Å². The van der Waals surface area contributed by atoms with Gasteiger partial charge in [-0.15, -0.1) is 0 Å². The second-order valence-electron chi connectivity index (χ2n) is 5.01. The van der Waals surface area contributed by atoms with E-state index in [2.05, 4.69) is 40.5 Å². The molecule has 1 aromatic rings. The number of aryl methyl sites for hydroxylation is 1. The third-order valence-corrected chi connectivity index (χ3v) is 4.45. The van der Waals surface area contributed by atoms with Gasteiger partial charge in [0.15, 0.2) is 5.03 Å². The van der Waals surface area contributed by atoms with Crippen molar-refractivity contribution < 1.29 is 8.42 Å². The molecule has 0 saturated carbocycles. The van der Waals surface area contributed by atoms with Crippen LogP contribution in [0.4, 0.5) is 0 Å². The minimum absolute atomic E-state index is 0.129. The van der Waals surface area contributed by atoms with Crippen LogP contribution in [0.2, 0.25) is 0 Å². The Balaban J connectivity index is 2.29. The Kier molecular flexibility index (Phi) is 5.96. The quantitative estimate of drug-likeness (QED) is 0.703. The smallest absolute Gasteiger partial charge is 0.257 e. The van der Waals surface area contributed by atoms with Crippen molar-refractivity contribution >= 4 is 10.0 Å². The Hall–Kier alpha value is -0.920. The summed E-state index contributed by atoms with van der Waals surface area (Å²) in [6.45, 7) is 7.43. The van der Waals surface area contributed by atoms with Gasteiger partial charge in [-0.25, -0.2) is 18.1 Å². The summed E-state index contributed by atoms with van der Waals surface area (Å²) in [7, 11) is -1.37. The predicted octanol–water partition coefficient (Wildman–Crippen LogP) is 1.12. The lowest BCUT2D eigenvalue weighted by atomic mass is 10.2. The Bertz CT molecular complexity index is 482. The molecule has 6 nitrogen and oxygen atoms in total. The van der Waals surface area contributed by atoms with Gasteiger partial charge >= 0.3 is 0 Å². The van der Waals surface area contributed by atoms with Crippen molar-refractivity contribution in [2.75, 3.05) is 20.1 Å². The van der Waals surface area contributed by atoms with Gasteiger partial charge in [0.25, 0.3) is 10.0 Å². The van der Waals surface area contributed by atoms with Gasteiger partial charge in [0.05, 0.1) is 6.20 Å². The average molecular weight is 288 g/mol. The van der Waals surface area contributed by atoms with Gasteiger partial charge in [-0.1, -0.05) is 0 Å². The van der Waals surface area contributed by atoms with Crippen molar-refractivity contribution in [3.8, 4) is 0 Å². The van der Waals surface area contributed by atoms with Crippen LogP contribution in [-0.4, -0.2) is 49.5 Å². The van der Waals surface area contributed by atoms with Crippen LogP contribution in [0.5, 0.6) is 0 Å². The molecule has 2 N–H and O–H groups in total. The highest BCUT2D eigenvalue weighted by Gasteiger charge is 2.15. The van der Waals surface area contributed by atoms with Crippen LogP contribution in [-0.2, 0) is 10.0 Å². The van der Waals surface area contributed by atoms with Gasteiger partial charge in [0.1, 0.15) is 5.82 Å². The summed E-state index contributed by atoms with van der Waals surface area (Å²) >= 11 is 0. The van der Waals surface area contributed by atoms with Crippen LogP contribution >= 0.6 is 0 Å². The summed E-state index contributed by atoms with van der Waals surface area (Å²) in [6, 6.07) is 0.518. The molecule has 110 valence electrons. The minimum atomic E-state index is -3.44. The summed E-state index contributed by atoms with van der Waals surface area (Å²) in [6.07, 6.45) is 3.13. The van der Waals surface area contributed by atoms with E-state index in [-0.39, 0.29) is 5.03 Å². The van der Waals surface area contributed by atoms with Crippen LogP contribution in [0.3, 0.4) is 0 Å². The molecule has 0 bridgehead atoms. The monoisotopic (exact) mass is 288 g/mol. The topological polar surface area (TPSA) is 78.1 Å². The van der Waals surface area contributed by atoms with Gasteiger partial charge in [-0.05, 0) is 47.2 Å². The van der Waals surface area contributed by atoms with E-state index in [1.807, 2.05) is 0 Å². The zero-order chi connectivity index (χ0) is 14.5. The molecule has 0 spiro atoms. The summed E-state index contributed by atoms with van der Waals surface area (Å²) in [5, 5.41) is 0.129. The molecule has 1 aromatic heterocycles. The standard InChI is InChI=1S/C12H24N4O2S/c1-10(2)16(4)8-6-5-7-14-19(17,18)12-9-13-11(3)15-12/h9-10,14H,5-8H2,1-4H3,(H,13,15). The maximum atomic E-state index is 11.9. The summed E-state index contributed by atoms with van der Waals surface area (Å²) < 4.78 is 26.3. The van der Waals surface area contributed by atoms with Gasteiger partial charge < -0.3 is 9.88 Å². The predicted molar refractivity (Wildman–Crippen MR) is 75.5 cm³/mol. The number of hydrogen-bond donors (Lipinski definition) is 2. The fourth-order valence-corrected chi connectivity index (χ4v) is 2.61. The number of nitrogens with one attached hydrogen (secondary N) is 2. The molecule has 7 heteroatoms. The molecule has 0 aliphatic heterocycles. The van der Waals surface area contributed by atoms with Gasteiger partial charge in [-0.3, -0.25) is 0 Å². The third-order valence-electron chi connectivity index (χ3n) is 3.08. The molecule has 0 aliphatic rings. The van der Waals surface area contributed by atoms with Crippen LogP contribution < -0.4 is 4.72 Å². The Morgan fingerprint density at radius 3 is 2.63 bits per heavy atom. The van der Waals surface area contributed by atoms with E-state index in [1.165, 1.54) is 6.20 Å². The lowest BCUT2D eigenvalue weighted by Gasteiger charge is -2.20. The lowest BCUT2D eigenvalue weighted by molar-refractivity contribution is 0.268. The van der Waals surface area contributed by atoms with Gasteiger partial charge in [0.2, 0.25) is 0 Å². The molecular formula is C12H24N4O2S. The SMILES string of the molecule is Cc1ncc(S(=O)(=O)NCCCCN(C)C(C)C)[nH]1.